The molecule has 180 valence electrons. The fourth-order valence-electron chi connectivity index (χ4n) is 2.96. The van der Waals surface area contributed by atoms with Gasteiger partial charge in [0.05, 0.1) is 21.2 Å². The molecular formula is C23H20ClF3N2O3S2. The highest BCUT2D eigenvalue weighted by Gasteiger charge is 2.34. The summed E-state index contributed by atoms with van der Waals surface area (Å²) in [7, 11) is -4.39. The Bertz CT molecular complexity index is 1230. The summed E-state index contributed by atoms with van der Waals surface area (Å²) in [5.41, 5.74) is -1.52. The number of anilines is 1. The number of nitrogens with zero attached hydrogens (tertiary/aromatic N) is 1. The van der Waals surface area contributed by atoms with Gasteiger partial charge in [-0.2, -0.15) is 13.2 Å². The molecular weight excluding hydrogens is 509 g/mol. The number of benzene rings is 3. The Kier molecular flexibility index (Phi) is 8.51. The first-order valence-corrected chi connectivity index (χ1v) is 12.8. The van der Waals surface area contributed by atoms with Crippen molar-refractivity contribution in [2.24, 2.45) is 0 Å². The summed E-state index contributed by atoms with van der Waals surface area (Å²) in [6.45, 7) is -0.512. The Balaban J connectivity index is 1.84. The van der Waals surface area contributed by atoms with Gasteiger partial charge in [-0.25, -0.2) is 8.42 Å². The lowest BCUT2D eigenvalue weighted by atomic mass is 10.2. The van der Waals surface area contributed by atoms with Gasteiger partial charge in [0.25, 0.3) is 10.0 Å². The summed E-state index contributed by atoms with van der Waals surface area (Å²) in [5.74, 6) is -0.160. The Morgan fingerprint density at radius 2 is 1.59 bits per heavy atom. The van der Waals surface area contributed by atoms with E-state index in [4.69, 9.17) is 11.6 Å². The molecule has 0 heterocycles. The van der Waals surface area contributed by atoms with E-state index in [0.717, 1.165) is 17.0 Å². The first kappa shape index (κ1) is 25.9. The van der Waals surface area contributed by atoms with Gasteiger partial charge in [-0.05, 0) is 42.5 Å². The Morgan fingerprint density at radius 1 is 0.971 bits per heavy atom. The Morgan fingerprint density at radius 3 is 2.21 bits per heavy atom. The first-order valence-electron chi connectivity index (χ1n) is 9.98. The molecule has 34 heavy (non-hydrogen) atoms. The zero-order valence-electron chi connectivity index (χ0n) is 17.6. The van der Waals surface area contributed by atoms with Gasteiger partial charge in [-0.3, -0.25) is 9.10 Å². The van der Waals surface area contributed by atoms with Gasteiger partial charge in [0.1, 0.15) is 6.54 Å². The van der Waals surface area contributed by atoms with Crippen LogP contribution in [0, 0.1) is 0 Å². The number of nitrogens with one attached hydrogen (secondary N) is 1. The minimum Gasteiger partial charge on any atom is -0.354 e. The third-order valence-corrected chi connectivity index (χ3v) is 7.70. The highest BCUT2D eigenvalue weighted by molar-refractivity contribution is 7.99. The Hall–Kier alpha value is -2.69. The van der Waals surface area contributed by atoms with E-state index in [2.05, 4.69) is 5.32 Å². The van der Waals surface area contributed by atoms with Crippen LogP contribution in [0.1, 0.15) is 5.56 Å². The minimum absolute atomic E-state index is 0.184. The summed E-state index contributed by atoms with van der Waals surface area (Å²) in [5, 5.41) is 2.37. The van der Waals surface area contributed by atoms with E-state index in [9.17, 15) is 26.4 Å². The van der Waals surface area contributed by atoms with Crippen LogP contribution in [0.4, 0.5) is 18.9 Å². The summed E-state index contributed by atoms with van der Waals surface area (Å²) in [4.78, 5) is 13.4. The van der Waals surface area contributed by atoms with E-state index >= 15 is 0 Å². The average Bonchev–Trinajstić information content (AvgIpc) is 2.81. The van der Waals surface area contributed by atoms with Crippen LogP contribution in [0.15, 0.2) is 88.7 Å². The van der Waals surface area contributed by atoms with Gasteiger partial charge in [0.15, 0.2) is 0 Å². The van der Waals surface area contributed by atoms with E-state index in [0.29, 0.717) is 16.1 Å². The SMILES string of the molecule is O=C(CN(c1cc(C(F)(F)F)ccc1Cl)S(=O)(=O)c1ccccc1)NCCSc1ccccc1. The van der Waals surface area contributed by atoms with Crippen molar-refractivity contribution in [1.82, 2.24) is 5.32 Å². The van der Waals surface area contributed by atoms with Gasteiger partial charge >= 0.3 is 6.18 Å². The highest BCUT2D eigenvalue weighted by Crippen LogP contribution is 2.37. The molecule has 0 unspecified atom stereocenters. The third-order valence-electron chi connectivity index (χ3n) is 4.60. The number of carbonyl (C=O) groups excluding carboxylic acids is 1. The zero-order valence-corrected chi connectivity index (χ0v) is 20.0. The molecule has 0 aliphatic carbocycles. The number of amides is 1. The molecule has 3 aromatic rings. The molecule has 5 nitrogen and oxygen atoms in total. The predicted molar refractivity (Wildman–Crippen MR) is 128 cm³/mol. The summed E-state index contributed by atoms with van der Waals surface area (Å²) in [6, 6.07) is 18.9. The number of hydrogen-bond donors (Lipinski definition) is 1. The lowest BCUT2D eigenvalue weighted by Crippen LogP contribution is -2.41. The van der Waals surface area contributed by atoms with Crippen LogP contribution >= 0.6 is 23.4 Å². The topological polar surface area (TPSA) is 66.5 Å². The minimum atomic E-state index is -4.72. The molecule has 0 aliphatic rings. The number of thioether (sulfide) groups is 1. The molecule has 0 spiro atoms. The quantitative estimate of drug-likeness (QED) is 0.296. The van der Waals surface area contributed by atoms with Crippen LogP contribution < -0.4 is 9.62 Å². The molecule has 3 aromatic carbocycles. The van der Waals surface area contributed by atoms with Crippen LogP contribution in [0.2, 0.25) is 5.02 Å². The molecule has 11 heteroatoms. The first-order chi connectivity index (χ1) is 16.1. The van der Waals surface area contributed by atoms with Crippen LogP contribution in [0.5, 0.6) is 0 Å². The molecule has 0 fully saturated rings. The van der Waals surface area contributed by atoms with E-state index in [1.54, 1.807) is 6.07 Å². The standard InChI is InChI=1S/C23H20ClF3N2O3S2/c24-20-12-11-17(23(25,26)27)15-21(20)29(34(31,32)19-9-5-2-6-10-19)16-22(30)28-13-14-33-18-7-3-1-4-8-18/h1-12,15H,13-14,16H2,(H,28,30). The average molecular weight is 529 g/mol. The van der Waals surface area contributed by atoms with Gasteiger partial charge in [-0.15, -0.1) is 11.8 Å². The number of sulfonamides is 1. The van der Waals surface area contributed by atoms with Crippen molar-refractivity contribution in [2.45, 2.75) is 16.0 Å². The van der Waals surface area contributed by atoms with Gasteiger partial charge in [0, 0.05) is 17.2 Å². The second-order valence-electron chi connectivity index (χ2n) is 7.00. The molecule has 0 bridgehead atoms. The smallest absolute Gasteiger partial charge is 0.354 e. The lowest BCUT2D eigenvalue weighted by Gasteiger charge is -2.25. The van der Waals surface area contributed by atoms with Crippen molar-refractivity contribution < 1.29 is 26.4 Å². The molecule has 3 rings (SSSR count). The number of halogens is 4. The number of carbonyl (C=O) groups is 1. The van der Waals surface area contributed by atoms with Crippen LogP contribution in [-0.2, 0) is 21.0 Å². The monoisotopic (exact) mass is 528 g/mol. The summed E-state index contributed by atoms with van der Waals surface area (Å²) in [6.07, 6.45) is -4.72. The Labute approximate surface area is 205 Å². The third kappa shape index (κ3) is 6.68. The number of alkyl halides is 3. The fraction of sp³-hybridized carbons (Fsp3) is 0.174. The predicted octanol–water partition coefficient (Wildman–Crippen LogP) is 5.46. The van der Waals surface area contributed by atoms with E-state index in [1.165, 1.54) is 36.0 Å². The molecule has 1 amide bonds. The maximum Gasteiger partial charge on any atom is 0.416 e. The maximum atomic E-state index is 13.3. The van der Waals surface area contributed by atoms with Gasteiger partial charge < -0.3 is 5.32 Å². The normalized spacial score (nSPS) is 11.8. The summed E-state index contributed by atoms with van der Waals surface area (Å²) >= 11 is 7.60. The largest absolute Gasteiger partial charge is 0.416 e. The van der Waals surface area contributed by atoms with Crippen molar-refractivity contribution in [3.8, 4) is 0 Å². The van der Waals surface area contributed by atoms with Crippen LogP contribution in [0.3, 0.4) is 0 Å². The van der Waals surface area contributed by atoms with Crippen molar-refractivity contribution in [3.05, 3.63) is 89.4 Å². The highest BCUT2D eigenvalue weighted by atomic mass is 35.5. The maximum absolute atomic E-state index is 13.3. The van der Waals surface area contributed by atoms with Crippen molar-refractivity contribution >= 4 is 45.0 Å². The van der Waals surface area contributed by atoms with Crippen LogP contribution in [0.25, 0.3) is 0 Å². The van der Waals surface area contributed by atoms with Gasteiger partial charge in [0.2, 0.25) is 5.91 Å². The molecule has 0 atom stereocenters. The molecule has 0 aliphatic heterocycles. The van der Waals surface area contributed by atoms with Gasteiger partial charge in [-0.1, -0.05) is 48.0 Å². The summed E-state index contributed by atoms with van der Waals surface area (Å²) < 4.78 is 67.1. The van der Waals surface area contributed by atoms with E-state index < -0.39 is 39.9 Å². The van der Waals surface area contributed by atoms with E-state index in [-0.39, 0.29) is 16.5 Å². The molecule has 0 saturated heterocycles. The van der Waals surface area contributed by atoms with Crippen LogP contribution in [-0.4, -0.2) is 33.2 Å². The second-order valence-corrected chi connectivity index (χ2v) is 10.4. The molecule has 1 N–H and O–H groups in total. The lowest BCUT2D eigenvalue weighted by molar-refractivity contribution is -0.137. The van der Waals surface area contributed by atoms with Crippen molar-refractivity contribution in [3.63, 3.8) is 0 Å². The second kappa shape index (κ2) is 11.2. The van der Waals surface area contributed by atoms with Crippen molar-refractivity contribution in [2.75, 3.05) is 23.1 Å². The number of rotatable bonds is 9. The molecule has 0 saturated carbocycles. The fourth-order valence-corrected chi connectivity index (χ4v) is 5.47. The number of hydrogen-bond acceptors (Lipinski definition) is 4. The molecule has 0 aromatic heterocycles. The van der Waals surface area contributed by atoms with Crippen molar-refractivity contribution in [1.29, 1.82) is 0 Å². The molecule has 0 radical (unpaired) electrons. The zero-order chi connectivity index (χ0) is 24.8. The van der Waals surface area contributed by atoms with E-state index in [1.807, 2.05) is 30.3 Å².